The molecule has 0 saturated carbocycles. The molecule has 0 bridgehead atoms. The summed E-state index contributed by atoms with van der Waals surface area (Å²) >= 11 is 10.7. The summed E-state index contributed by atoms with van der Waals surface area (Å²) in [5.41, 5.74) is 6.23. The Balaban J connectivity index is 3.06. The molecule has 0 atom stereocenters. The zero-order valence-corrected chi connectivity index (χ0v) is 11.4. The van der Waals surface area contributed by atoms with E-state index in [4.69, 9.17) is 29.6 Å². The van der Waals surface area contributed by atoms with Crippen molar-refractivity contribution in [3.63, 3.8) is 0 Å². The average Bonchev–Trinajstić information content (AvgIpc) is 2.20. The topological polar surface area (TPSA) is 84.2 Å². The number of rotatable bonds is 5. The first kappa shape index (κ1) is 14.2. The minimum Gasteiger partial charge on any atom is -0.389 e. The molecule has 0 fully saturated rings. The van der Waals surface area contributed by atoms with Crippen LogP contribution in [0.2, 0.25) is 5.02 Å². The van der Waals surface area contributed by atoms with Crippen molar-refractivity contribution in [2.24, 2.45) is 5.73 Å². The normalized spacial score (nSPS) is 11.2. The molecule has 1 aromatic carbocycles. The lowest BCUT2D eigenvalue weighted by Gasteiger charge is -2.10. The van der Waals surface area contributed by atoms with Crippen LogP contribution in [0.4, 0.5) is 5.69 Å². The van der Waals surface area contributed by atoms with E-state index >= 15 is 0 Å². The van der Waals surface area contributed by atoms with Crippen molar-refractivity contribution in [1.29, 1.82) is 0 Å². The van der Waals surface area contributed by atoms with Crippen LogP contribution in [0.3, 0.4) is 0 Å². The van der Waals surface area contributed by atoms with Gasteiger partial charge in [-0.3, -0.25) is 4.72 Å². The Morgan fingerprint density at radius 2 is 2.18 bits per heavy atom. The molecule has 1 rings (SSSR count). The molecule has 0 aliphatic carbocycles. The quantitative estimate of drug-likeness (QED) is 0.713. The van der Waals surface area contributed by atoms with Crippen molar-refractivity contribution < 1.29 is 8.42 Å². The molecule has 0 radical (unpaired) electrons. The number of hydrogen-bond acceptors (Lipinski definition) is 3. The summed E-state index contributed by atoms with van der Waals surface area (Å²) in [6.45, 7) is 1.95. The summed E-state index contributed by atoms with van der Waals surface area (Å²) < 4.78 is 27.6. The molecule has 5 nitrogen and oxygen atoms in total. The van der Waals surface area contributed by atoms with Gasteiger partial charge in [-0.25, -0.2) is 0 Å². The van der Waals surface area contributed by atoms with Crippen molar-refractivity contribution in [1.82, 2.24) is 4.72 Å². The Morgan fingerprint density at radius 1 is 1.53 bits per heavy atom. The highest BCUT2D eigenvalue weighted by Crippen LogP contribution is 2.23. The zero-order valence-electron chi connectivity index (χ0n) is 9.03. The molecule has 0 heterocycles. The zero-order chi connectivity index (χ0) is 13.1. The molecular formula is C9H12ClN3O2S2. The van der Waals surface area contributed by atoms with E-state index in [0.29, 0.717) is 5.56 Å². The maximum Gasteiger partial charge on any atom is 0.299 e. The molecule has 0 spiro atoms. The minimum absolute atomic E-state index is 0.172. The van der Waals surface area contributed by atoms with Crippen molar-refractivity contribution in [3.05, 3.63) is 28.8 Å². The third-order valence-corrected chi connectivity index (χ3v) is 3.55. The lowest BCUT2D eigenvalue weighted by atomic mass is 10.2. The second-order valence-corrected chi connectivity index (χ2v) is 5.51. The number of anilines is 1. The molecule has 1 aromatic rings. The molecular weight excluding hydrogens is 282 g/mol. The monoisotopic (exact) mass is 293 g/mol. The van der Waals surface area contributed by atoms with Gasteiger partial charge in [0.15, 0.2) is 0 Å². The van der Waals surface area contributed by atoms with Crippen molar-refractivity contribution >= 4 is 44.7 Å². The first-order valence-electron chi connectivity index (χ1n) is 4.72. The third-order valence-electron chi connectivity index (χ3n) is 1.83. The number of nitrogens with one attached hydrogen (secondary N) is 2. The Labute approximate surface area is 111 Å². The molecule has 0 amide bonds. The standard InChI is InChI=1S/C9H12ClN3O2S2/c1-2-12-17(14,15)13-8-5-6(9(11)16)3-4-7(8)10/h3-5,12-13H,2H2,1H3,(H2,11,16). The Hall–Kier alpha value is -0.890. The molecule has 17 heavy (non-hydrogen) atoms. The molecule has 8 heteroatoms. The van der Waals surface area contributed by atoms with Gasteiger partial charge < -0.3 is 5.73 Å². The van der Waals surface area contributed by atoms with Crippen LogP contribution in [-0.4, -0.2) is 20.0 Å². The van der Waals surface area contributed by atoms with Gasteiger partial charge in [0.2, 0.25) is 0 Å². The van der Waals surface area contributed by atoms with Gasteiger partial charge in [-0.15, -0.1) is 0 Å². The summed E-state index contributed by atoms with van der Waals surface area (Å²) in [6, 6.07) is 4.63. The highest BCUT2D eigenvalue weighted by molar-refractivity contribution is 7.90. The van der Waals surface area contributed by atoms with E-state index in [-0.39, 0.29) is 22.2 Å². The Kier molecular flexibility index (Phi) is 4.70. The predicted molar refractivity (Wildman–Crippen MR) is 73.6 cm³/mol. The van der Waals surface area contributed by atoms with Crippen LogP contribution < -0.4 is 15.2 Å². The molecule has 0 aliphatic rings. The fourth-order valence-corrected chi connectivity index (χ4v) is 2.39. The molecule has 4 N–H and O–H groups in total. The van der Waals surface area contributed by atoms with Gasteiger partial charge in [0.1, 0.15) is 4.99 Å². The van der Waals surface area contributed by atoms with Gasteiger partial charge in [-0.05, 0) is 12.1 Å². The Bertz CT molecular complexity index is 531. The molecule has 0 saturated heterocycles. The van der Waals surface area contributed by atoms with Crippen LogP contribution in [0, 0.1) is 0 Å². The van der Waals surface area contributed by atoms with Gasteiger partial charge in [-0.2, -0.15) is 13.1 Å². The van der Waals surface area contributed by atoms with E-state index in [0.717, 1.165) is 0 Å². The number of hydrogen-bond donors (Lipinski definition) is 3. The smallest absolute Gasteiger partial charge is 0.299 e. The van der Waals surface area contributed by atoms with E-state index in [9.17, 15) is 8.42 Å². The number of halogens is 1. The number of benzene rings is 1. The fraction of sp³-hybridized carbons (Fsp3) is 0.222. The SMILES string of the molecule is CCNS(=O)(=O)Nc1cc(C(N)=S)ccc1Cl. The molecule has 0 aromatic heterocycles. The number of nitrogens with two attached hydrogens (primary N) is 1. The van der Waals surface area contributed by atoms with Crippen LogP contribution >= 0.6 is 23.8 Å². The lowest BCUT2D eigenvalue weighted by molar-refractivity contribution is 0.589. The Morgan fingerprint density at radius 3 is 2.71 bits per heavy atom. The second kappa shape index (κ2) is 5.63. The van der Waals surface area contributed by atoms with Crippen LogP contribution in [0.1, 0.15) is 12.5 Å². The van der Waals surface area contributed by atoms with Gasteiger partial charge in [-0.1, -0.05) is 36.8 Å². The summed E-state index contributed by atoms with van der Waals surface area (Å²) in [5, 5.41) is 0.270. The van der Waals surface area contributed by atoms with E-state index in [1.165, 1.54) is 12.1 Å². The van der Waals surface area contributed by atoms with Crippen LogP contribution in [-0.2, 0) is 10.2 Å². The van der Waals surface area contributed by atoms with Crippen molar-refractivity contribution in [3.8, 4) is 0 Å². The molecule has 0 unspecified atom stereocenters. The molecule has 94 valence electrons. The fourth-order valence-electron chi connectivity index (χ4n) is 1.13. The van der Waals surface area contributed by atoms with E-state index < -0.39 is 10.2 Å². The summed E-state index contributed by atoms with van der Waals surface area (Å²) in [5.74, 6) is 0. The van der Waals surface area contributed by atoms with Crippen molar-refractivity contribution in [2.75, 3.05) is 11.3 Å². The van der Waals surface area contributed by atoms with E-state index in [2.05, 4.69) is 9.44 Å². The highest BCUT2D eigenvalue weighted by atomic mass is 35.5. The minimum atomic E-state index is -3.62. The van der Waals surface area contributed by atoms with Gasteiger partial charge in [0.25, 0.3) is 10.2 Å². The average molecular weight is 294 g/mol. The maximum atomic E-state index is 11.5. The van der Waals surface area contributed by atoms with Gasteiger partial charge in [0, 0.05) is 12.1 Å². The largest absolute Gasteiger partial charge is 0.389 e. The maximum absolute atomic E-state index is 11.5. The van der Waals surface area contributed by atoms with Gasteiger partial charge >= 0.3 is 0 Å². The van der Waals surface area contributed by atoms with Crippen LogP contribution in [0.25, 0.3) is 0 Å². The van der Waals surface area contributed by atoms with Crippen LogP contribution in [0.15, 0.2) is 18.2 Å². The van der Waals surface area contributed by atoms with E-state index in [1.54, 1.807) is 13.0 Å². The highest BCUT2D eigenvalue weighted by Gasteiger charge is 2.11. The summed E-state index contributed by atoms with van der Waals surface area (Å²) in [6.07, 6.45) is 0. The summed E-state index contributed by atoms with van der Waals surface area (Å²) in [7, 11) is -3.62. The predicted octanol–water partition coefficient (Wildman–Crippen LogP) is 1.24. The lowest BCUT2D eigenvalue weighted by Crippen LogP contribution is -2.30. The van der Waals surface area contributed by atoms with Crippen molar-refractivity contribution in [2.45, 2.75) is 6.92 Å². The number of thiocarbonyl (C=S) groups is 1. The first-order valence-corrected chi connectivity index (χ1v) is 6.99. The third kappa shape index (κ3) is 4.12. The van der Waals surface area contributed by atoms with E-state index in [1.807, 2.05) is 0 Å². The van der Waals surface area contributed by atoms with Gasteiger partial charge in [0.05, 0.1) is 10.7 Å². The van der Waals surface area contributed by atoms with Crippen LogP contribution in [0.5, 0.6) is 0 Å². The molecule has 0 aliphatic heterocycles. The second-order valence-electron chi connectivity index (χ2n) is 3.16. The first-order chi connectivity index (χ1) is 7.85. The summed E-state index contributed by atoms with van der Waals surface area (Å²) in [4.78, 5) is 0.172.